The molecule has 3 aliphatic rings. The van der Waals surface area contributed by atoms with Crippen molar-refractivity contribution in [2.75, 3.05) is 27.7 Å². The lowest BCUT2D eigenvalue weighted by atomic mass is 9.52. The summed E-state index contributed by atoms with van der Waals surface area (Å²) in [5.41, 5.74) is 5.81. The number of nitrogens with two attached hydrogens (primary N) is 1. The van der Waals surface area contributed by atoms with E-state index in [-0.39, 0.29) is 24.2 Å². The number of carbonyl (C=O) groups is 5. The number of likely N-dealkylation sites (N-methyl/N-ethyl adjacent to an activating group) is 2. The molecule has 2 fully saturated rings. The maximum Gasteiger partial charge on any atom is 0.235 e. The summed E-state index contributed by atoms with van der Waals surface area (Å²) in [6.45, 7) is 5.22. The third-order valence-electron chi connectivity index (χ3n) is 9.10. The lowest BCUT2D eigenvalue weighted by molar-refractivity contribution is -0.181. The number of hydrogen-bond acceptors (Lipinski definition) is 9. The van der Waals surface area contributed by atoms with Crippen LogP contribution in [0.3, 0.4) is 0 Å². The van der Waals surface area contributed by atoms with Crippen molar-refractivity contribution in [1.29, 1.82) is 0 Å². The van der Waals surface area contributed by atoms with Gasteiger partial charge in [-0.2, -0.15) is 0 Å². The number of benzene rings is 2. The van der Waals surface area contributed by atoms with E-state index in [9.17, 15) is 34.2 Å². The summed E-state index contributed by atoms with van der Waals surface area (Å²) in [6.07, 6.45) is 2.04. The molecule has 2 saturated carbocycles. The third kappa shape index (κ3) is 4.41. The lowest BCUT2D eigenvalue weighted by Crippen LogP contribution is -2.74. The summed E-state index contributed by atoms with van der Waals surface area (Å²) in [7, 11) is 5.11. The van der Waals surface area contributed by atoms with Gasteiger partial charge in [0.2, 0.25) is 5.91 Å². The van der Waals surface area contributed by atoms with Gasteiger partial charge in [-0.25, -0.2) is 0 Å². The third-order valence-corrected chi connectivity index (χ3v) is 9.10. The van der Waals surface area contributed by atoms with Crippen molar-refractivity contribution in [1.82, 2.24) is 9.80 Å². The number of carbonyl (C=O) groups excluding carboxylic acids is 5. The van der Waals surface area contributed by atoms with E-state index < -0.39 is 64.4 Å². The number of aromatic hydroxyl groups is 1. The molecular weight excluding hydrogens is 538 g/mol. The SMILES string of the molecule is C=CCN(C)Cc1ccc(-c2ccc(O)c3c2C[C@H]2C[C@H]4[C@H](N(C)C)C(=O)C(C(N)=O)C(=O)[C@@]4(O)C(=O)C2C3=O)cc1. The normalized spacial score (nSPS) is 28.9. The fourth-order valence-corrected chi connectivity index (χ4v) is 7.26. The van der Waals surface area contributed by atoms with Gasteiger partial charge in [0.05, 0.1) is 17.5 Å². The van der Waals surface area contributed by atoms with Gasteiger partial charge in [0.25, 0.3) is 0 Å². The van der Waals surface area contributed by atoms with Crippen LogP contribution in [0.1, 0.15) is 27.9 Å². The van der Waals surface area contributed by atoms with Gasteiger partial charge in [0, 0.05) is 19.0 Å². The summed E-state index contributed by atoms with van der Waals surface area (Å²) >= 11 is 0. The molecule has 10 heteroatoms. The Bertz CT molecular complexity index is 1510. The molecule has 2 aromatic rings. The molecule has 42 heavy (non-hydrogen) atoms. The molecule has 1 amide bonds. The zero-order chi connectivity index (χ0) is 30.7. The van der Waals surface area contributed by atoms with Crippen LogP contribution in [0.25, 0.3) is 11.1 Å². The molecule has 0 aromatic heterocycles. The average molecular weight is 574 g/mol. The number of amides is 1. The maximum atomic E-state index is 14.0. The Morgan fingerprint density at radius 2 is 1.74 bits per heavy atom. The van der Waals surface area contributed by atoms with Crippen LogP contribution in [0.4, 0.5) is 0 Å². The summed E-state index contributed by atoms with van der Waals surface area (Å²) in [5, 5.41) is 22.5. The summed E-state index contributed by atoms with van der Waals surface area (Å²) in [6, 6.07) is 9.85. The zero-order valence-corrected chi connectivity index (χ0v) is 23.9. The molecule has 0 saturated heterocycles. The number of fused-ring (bicyclic) bond motifs is 3. The van der Waals surface area contributed by atoms with E-state index in [1.807, 2.05) is 37.4 Å². The predicted octanol–water partition coefficient (Wildman–Crippen LogP) is 1.15. The van der Waals surface area contributed by atoms with Crippen LogP contribution in [0.15, 0.2) is 49.1 Å². The van der Waals surface area contributed by atoms with Crippen LogP contribution in [-0.2, 0) is 32.1 Å². The Kier molecular flexibility index (Phi) is 7.51. The molecule has 2 unspecified atom stereocenters. The van der Waals surface area contributed by atoms with E-state index in [0.29, 0.717) is 5.56 Å². The van der Waals surface area contributed by atoms with Crippen LogP contribution in [0.2, 0.25) is 0 Å². The fourth-order valence-electron chi connectivity index (χ4n) is 7.26. The molecule has 5 rings (SSSR count). The molecule has 0 aliphatic heterocycles. The van der Waals surface area contributed by atoms with Crippen LogP contribution in [0.5, 0.6) is 5.75 Å². The fraction of sp³-hybridized carbons (Fsp3) is 0.406. The molecule has 0 heterocycles. The van der Waals surface area contributed by atoms with Crippen molar-refractivity contribution in [2.45, 2.75) is 31.0 Å². The van der Waals surface area contributed by atoms with Gasteiger partial charge in [0.15, 0.2) is 34.7 Å². The van der Waals surface area contributed by atoms with Crippen molar-refractivity contribution < 1.29 is 34.2 Å². The van der Waals surface area contributed by atoms with Crippen LogP contribution < -0.4 is 5.73 Å². The van der Waals surface area contributed by atoms with Crippen molar-refractivity contribution >= 4 is 29.0 Å². The first-order valence-corrected chi connectivity index (χ1v) is 13.9. The molecule has 10 nitrogen and oxygen atoms in total. The summed E-state index contributed by atoms with van der Waals surface area (Å²) in [4.78, 5) is 70.3. The van der Waals surface area contributed by atoms with E-state index in [0.717, 1.165) is 29.8 Å². The first-order chi connectivity index (χ1) is 19.8. The number of phenolic OH excluding ortho intramolecular Hbond substituents is 1. The molecule has 2 aromatic carbocycles. The number of ketones is 4. The first kappa shape index (κ1) is 29.5. The van der Waals surface area contributed by atoms with E-state index in [1.165, 1.54) is 11.0 Å². The van der Waals surface area contributed by atoms with Crippen molar-refractivity contribution in [3.8, 4) is 16.9 Å². The van der Waals surface area contributed by atoms with Crippen molar-refractivity contribution in [3.05, 3.63) is 65.7 Å². The molecule has 0 bridgehead atoms. The smallest absolute Gasteiger partial charge is 0.235 e. The number of hydrogen-bond donors (Lipinski definition) is 3. The standard InChI is InChI=1S/C32H35N3O7/c1-5-12-35(4)15-16-6-8-17(9-7-16)19-10-11-22(36)24-20(19)13-18-14-21-26(34(2)3)28(38)25(31(33)41)30(40)32(21,42)29(39)23(18)27(24)37/h5-11,18,21,23,25-26,36,42H,1,12-15H2,2-4H3,(H2,33,41)/t18-,21-,23?,25?,26-,32-/m0/s1. The second-order valence-corrected chi connectivity index (χ2v) is 12.0. The van der Waals surface area contributed by atoms with E-state index in [2.05, 4.69) is 11.5 Å². The molecule has 4 N–H and O–H groups in total. The van der Waals surface area contributed by atoms with Crippen molar-refractivity contribution in [3.63, 3.8) is 0 Å². The highest BCUT2D eigenvalue weighted by Crippen LogP contribution is 2.51. The molecule has 0 radical (unpaired) electrons. The Hall–Kier alpha value is -3.99. The van der Waals surface area contributed by atoms with E-state index in [1.54, 1.807) is 20.2 Å². The van der Waals surface area contributed by atoms with Gasteiger partial charge in [-0.1, -0.05) is 36.4 Å². The Morgan fingerprint density at radius 1 is 1.07 bits per heavy atom. The maximum absolute atomic E-state index is 14.0. The van der Waals surface area contributed by atoms with Gasteiger partial charge in [-0.3, -0.25) is 33.8 Å². The second-order valence-electron chi connectivity index (χ2n) is 12.0. The highest BCUT2D eigenvalue weighted by Gasteiger charge is 2.69. The topological polar surface area (TPSA) is 158 Å². The minimum atomic E-state index is -2.74. The number of nitrogens with zero attached hydrogens (tertiary/aromatic N) is 2. The molecule has 6 atom stereocenters. The van der Waals surface area contributed by atoms with E-state index >= 15 is 0 Å². The number of phenols is 1. The van der Waals surface area contributed by atoms with Gasteiger partial charge in [-0.05, 0) is 68.2 Å². The first-order valence-electron chi connectivity index (χ1n) is 13.9. The van der Waals surface area contributed by atoms with Crippen LogP contribution in [-0.4, -0.2) is 88.4 Å². The molecule has 220 valence electrons. The summed E-state index contributed by atoms with van der Waals surface area (Å²) < 4.78 is 0. The molecule has 3 aliphatic carbocycles. The van der Waals surface area contributed by atoms with Gasteiger partial charge in [0.1, 0.15) is 5.75 Å². The lowest BCUT2D eigenvalue weighted by Gasteiger charge is -2.52. The van der Waals surface area contributed by atoms with Crippen LogP contribution >= 0.6 is 0 Å². The number of rotatable bonds is 7. The summed E-state index contributed by atoms with van der Waals surface area (Å²) in [5.74, 6) is -10.6. The number of primary amides is 1. The number of Topliss-reactive ketones (excluding diaryl/α,β-unsaturated/α-hetero) is 4. The predicted molar refractivity (Wildman–Crippen MR) is 153 cm³/mol. The molecular formula is C32H35N3O7. The Morgan fingerprint density at radius 3 is 2.33 bits per heavy atom. The van der Waals surface area contributed by atoms with Crippen LogP contribution in [0, 0.1) is 23.7 Å². The quantitative estimate of drug-likeness (QED) is 0.326. The highest BCUT2D eigenvalue weighted by molar-refractivity contribution is 6.32. The van der Waals surface area contributed by atoms with Gasteiger partial charge < -0.3 is 15.9 Å². The van der Waals surface area contributed by atoms with E-state index in [4.69, 9.17) is 5.73 Å². The van der Waals surface area contributed by atoms with Gasteiger partial charge in [-0.15, -0.1) is 6.58 Å². The average Bonchev–Trinajstić information content (AvgIpc) is 2.91. The highest BCUT2D eigenvalue weighted by atomic mass is 16.3. The largest absolute Gasteiger partial charge is 0.507 e. The molecule has 0 spiro atoms. The second kappa shape index (κ2) is 10.7. The number of aliphatic hydroxyl groups is 1. The zero-order valence-electron chi connectivity index (χ0n) is 23.9. The Labute approximate surface area is 243 Å². The minimum Gasteiger partial charge on any atom is -0.507 e. The van der Waals surface area contributed by atoms with Crippen molar-refractivity contribution in [2.24, 2.45) is 29.4 Å². The Balaban J connectivity index is 1.56. The van der Waals surface area contributed by atoms with Gasteiger partial charge >= 0.3 is 0 Å². The minimum absolute atomic E-state index is 0.00751. The monoisotopic (exact) mass is 573 g/mol.